The number of aromatic nitrogens is 2. The van der Waals surface area contributed by atoms with Gasteiger partial charge in [-0.3, -0.25) is 4.68 Å². The summed E-state index contributed by atoms with van der Waals surface area (Å²) in [5, 5.41) is 8.74. The van der Waals surface area contributed by atoms with Gasteiger partial charge in [0.1, 0.15) is 0 Å². The second-order valence-electron chi connectivity index (χ2n) is 5.45. The summed E-state index contributed by atoms with van der Waals surface area (Å²) in [5.41, 5.74) is 3.51. The van der Waals surface area contributed by atoms with Gasteiger partial charge in [-0.1, -0.05) is 24.6 Å². The molecule has 2 aromatic rings. The normalized spacial score (nSPS) is 14.7. The molecule has 0 unspecified atom stereocenters. The fourth-order valence-electron chi connectivity index (χ4n) is 2.30. The van der Waals surface area contributed by atoms with E-state index in [2.05, 4.69) is 35.7 Å². The molecular formula is C16H20ClN3. The van der Waals surface area contributed by atoms with Crippen molar-refractivity contribution in [2.24, 2.45) is 0 Å². The van der Waals surface area contributed by atoms with Gasteiger partial charge in [0.05, 0.1) is 6.20 Å². The van der Waals surface area contributed by atoms with Crippen LogP contribution in [0, 0.1) is 0 Å². The lowest BCUT2D eigenvalue weighted by Gasteiger charge is -2.07. The Kier molecular flexibility index (Phi) is 4.08. The first-order valence-corrected chi connectivity index (χ1v) is 7.68. The van der Waals surface area contributed by atoms with E-state index < -0.39 is 0 Å². The Bertz CT molecular complexity index is 587. The summed E-state index contributed by atoms with van der Waals surface area (Å²) in [7, 11) is 0. The minimum absolute atomic E-state index is 0.696. The molecule has 1 aliphatic carbocycles. The van der Waals surface area contributed by atoms with Crippen molar-refractivity contribution in [3.63, 3.8) is 0 Å². The van der Waals surface area contributed by atoms with Gasteiger partial charge in [0.25, 0.3) is 0 Å². The van der Waals surface area contributed by atoms with Gasteiger partial charge in [-0.2, -0.15) is 5.10 Å². The molecule has 1 aliphatic rings. The van der Waals surface area contributed by atoms with Crippen LogP contribution in [0.5, 0.6) is 0 Å². The molecule has 3 nitrogen and oxygen atoms in total. The van der Waals surface area contributed by atoms with E-state index in [9.17, 15) is 0 Å². The second-order valence-corrected chi connectivity index (χ2v) is 5.86. The molecule has 1 aromatic carbocycles. The Morgan fingerprint density at radius 2 is 2.20 bits per heavy atom. The molecule has 0 saturated heterocycles. The van der Waals surface area contributed by atoms with E-state index in [1.807, 2.05) is 16.9 Å². The fraction of sp³-hybridized carbons (Fsp3) is 0.438. The van der Waals surface area contributed by atoms with Crippen LogP contribution in [0.1, 0.15) is 31.7 Å². The molecule has 3 rings (SSSR count). The van der Waals surface area contributed by atoms with Crippen molar-refractivity contribution in [2.45, 2.75) is 45.3 Å². The number of hydrogen-bond acceptors (Lipinski definition) is 2. The Hall–Kier alpha value is -1.32. The number of benzene rings is 1. The Morgan fingerprint density at radius 3 is 2.95 bits per heavy atom. The van der Waals surface area contributed by atoms with Crippen molar-refractivity contribution < 1.29 is 0 Å². The molecule has 0 amide bonds. The van der Waals surface area contributed by atoms with Crippen LogP contribution >= 0.6 is 11.6 Å². The molecule has 0 bridgehead atoms. The molecule has 0 spiro atoms. The molecule has 1 N–H and O–H groups in total. The number of hydrogen-bond donors (Lipinski definition) is 1. The first-order chi connectivity index (χ1) is 9.76. The van der Waals surface area contributed by atoms with Crippen molar-refractivity contribution in [1.29, 1.82) is 0 Å². The van der Waals surface area contributed by atoms with E-state index in [-0.39, 0.29) is 0 Å². The second kappa shape index (κ2) is 5.98. The molecule has 20 heavy (non-hydrogen) atoms. The predicted octanol–water partition coefficient (Wildman–Crippen LogP) is 3.87. The zero-order valence-electron chi connectivity index (χ0n) is 11.8. The average Bonchev–Trinajstić information content (AvgIpc) is 3.16. The first-order valence-electron chi connectivity index (χ1n) is 7.31. The maximum Gasteiger partial charge on any atom is 0.0568 e. The molecule has 0 radical (unpaired) electrons. The van der Waals surface area contributed by atoms with Crippen LogP contribution in [-0.2, 0) is 13.1 Å². The van der Waals surface area contributed by atoms with Gasteiger partial charge in [0.2, 0.25) is 0 Å². The van der Waals surface area contributed by atoms with Crippen LogP contribution in [0.2, 0.25) is 5.02 Å². The van der Waals surface area contributed by atoms with Crippen molar-refractivity contribution in [2.75, 3.05) is 0 Å². The first kappa shape index (κ1) is 13.7. The van der Waals surface area contributed by atoms with Crippen LogP contribution < -0.4 is 5.32 Å². The molecule has 1 heterocycles. The van der Waals surface area contributed by atoms with Gasteiger partial charge in [-0.25, -0.2) is 0 Å². The van der Waals surface area contributed by atoms with E-state index in [1.165, 1.54) is 24.0 Å². The van der Waals surface area contributed by atoms with Crippen molar-refractivity contribution >= 4 is 11.6 Å². The van der Waals surface area contributed by atoms with Crippen LogP contribution in [0.3, 0.4) is 0 Å². The van der Waals surface area contributed by atoms with Crippen LogP contribution in [0.15, 0.2) is 30.6 Å². The minimum atomic E-state index is 0.696. The lowest BCUT2D eigenvalue weighted by Crippen LogP contribution is -2.15. The maximum atomic E-state index is 6.28. The summed E-state index contributed by atoms with van der Waals surface area (Å²) in [6, 6.07) is 6.92. The third-order valence-corrected chi connectivity index (χ3v) is 3.99. The van der Waals surface area contributed by atoms with Gasteiger partial charge in [-0.15, -0.1) is 0 Å². The van der Waals surface area contributed by atoms with Crippen molar-refractivity contribution in [3.05, 3.63) is 41.2 Å². The Balaban J connectivity index is 1.78. The summed E-state index contributed by atoms with van der Waals surface area (Å²) in [6.45, 7) is 3.97. The fourth-order valence-corrected chi connectivity index (χ4v) is 2.48. The van der Waals surface area contributed by atoms with E-state index in [1.54, 1.807) is 0 Å². The molecule has 1 saturated carbocycles. The molecule has 1 aromatic heterocycles. The SMILES string of the molecule is CCCn1cc(-c2ccc(Cl)c(CNC3CC3)c2)cn1. The lowest BCUT2D eigenvalue weighted by atomic mass is 10.1. The molecular weight excluding hydrogens is 270 g/mol. The quantitative estimate of drug-likeness (QED) is 0.875. The highest BCUT2D eigenvalue weighted by atomic mass is 35.5. The van der Waals surface area contributed by atoms with Crippen molar-refractivity contribution in [3.8, 4) is 11.1 Å². The summed E-state index contributed by atoms with van der Waals surface area (Å²) in [6.07, 6.45) is 7.71. The lowest BCUT2D eigenvalue weighted by molar-refractivity contribution is 0.603. The van der Waals surface area contributed by atoms with E-state index >= 15 is 0 Å². The molecule has 4 heteroatoms. The van der Waals surface area contributed by atoms with Crippen LogP contribution in [0.25, 0.3) is 11.1 Å². The summed E-state index contributed by atoms with van der Waals surface area (Å²) in [4.78, 5) is 0. The highest BCUT2D eigenvalue weighted by molar-refractivity contribution is 6.31. The smallest absolute Gasteiger partial charge is 0.0568 e. The molecule has 0 atom stereocenters. The maximum absolute atomic E-state index is 6.28. The van der Waals surface area contributed by atoms with Gasteiger partial charge >= 0.3 is 0 Å². The molecule has 106 valence electrons. The van der Waals surface area contributed by atoms with Gasteiger partial charge in [-0.05, 0) is 42.5 Å². The van der Waals surface area contributed by atoms with Gasteiger partial charge in [0.15, 0.2) is 0 Å². The van der Waals surface area contributed by atoms with Crippen LogP contribution in [-0.4, -0.2) is 15.8 Å². The highest BCUT2D eigenvalue weighted by Crippen LogP contribution is 2.26. The van der Waals surface area contributed by atoms with E-state index in [0.29, 0.717) is 6.04 Å². The average molecular weight is 290 g/mol. The molecule has 1 fully saturated rings. The predicted molar refractivity (Wildman–Crippen MR) is 82.8 cm³/mol. The minimum Gasteiger partial charge on any atom is -0.310 e. The largest absolute Gasteiger partial charge is 0.310 e. The molecule has 0 aliphatic heterocycles. The monoisotopic (exact) mass is 289 g/mol. The Morgan fingerprint density at radius 1 is 1.35 bits per heavy atom. The van der Waals surface area contributed by atoms with Crippen molar-refractivity contribution in [1.82, 2.24) is 15.1 Å². The Labute approximate surface area is 124 Å². The highest BCUT2D eigenvalue weighted by Gasteiger charge is 2.20. The van der Waals surface area contributed by atoms with E-state index in [4.69, 9.17) is 11.6 Å². The van der Waals surface area contributed by atoms with E-state index in [0.717, 1.165) is 30.1 Å². The topological polar surface area (TPSA) is 29.9 Å². The zero-order valence-corrected chi connectivity index (χ0v) is 12.5. The number of aryl methyl sites for hydroxylation is 1. The number of nitrogens with zero attached hydrogens (tertiary/aromatic N) is 2. The summed E-state index contributed by atoms with van der Waals surface area (Å²) >= 11 is 6.28. The van der Waals surface area contributed by atoms with Gasteiger partial charge in [0, 0.05) is 35.9 Å². The standard InChI is InChI=1S/C16H20ClN3/c1-2-7-20-11-14(10-19-20)12-3-6-16(17)13(8-12)9-18-15-4-5-15/h3,6,8,10-11,15,18H,2,4-5,7,9H2,1H3. The third-order valence-electron chi connectivity index (χ3n) is 3.62. The summed E-state index contributed by atoms with van der Waals surface area (Å²) in [5.74, 6) is 0. The third kappa shape index (κ3) is 3.22. The number of halogens is 1. The number of rotatable bonds is 6. The number of nitrogens with one attached hydrogen (secondary N) is 1. The van der Waals surface area contributed by atoms with Gasteiger partial charge < -0.3 is 5.32 Å². The summed E-state index contributed by atoms with van der Waals surface area (Å²) < 4.78 is 1.99. The van der Waals surface area contributed by atoms with Crippen LogP contribution in [0.4, 0.5) is 0 Å². The zero-order chi connectivity index (χ0) is 13.9.